The van der Waals surface area contributed by atoms with Gasteiger partial charge in [-0.05, 0) is 32.0 Å². The molecule has 4 nitrogen and oxygen atoms in total. The summed E-state index contributed by atoms with van der Waals surface area (Å²) in [5.74, 6) is 0.161. The molecule has 4 heteroatoms. The first-order valence-electron chi connectivity index (χ1n) is 6.92. The summed E-state index contributed by atoms with van der Waals surface area (Å²) in [5, 5.41) is 3.30. The van der Waals surface area contributed by atoms with Crippen LogP contribution in [0.25, 0.3) is 0 Å². The molecule has 1 N–H and O–H groups in total. The molecule has 0 aliphatic carbocycles. The summed E-state index contributed by atoms with van der Waals surface area (Å²) in [7, 11) is 3.85. The van der Waals surface area contributed by atoms with E-state index in [0.29, 0.717) is 12.6 Å². The van der Waals surface area contributed by atoms with E-state index in [0.717, 1.165) is 31.6 Å². The summed E-state index contributed by atoms with van der Waals surface area (Å²) in [6.45, 7) is 2.52. The number of para-hydroxylation sites is 1. The van der Waals surface area contributed by atoms with E-state index in [1.54, 1.807) is 4.90 Å². The predicted molar refractivity (Wildman–Crippen MR) is 78.4 cm³/mol. The number of rotatable bonds is 4. The highest BCUT2D eigenvalue weighted by Crippen LogP contribution is 2.13. The molecular weight excluding hydrogens is 238 g/mol. The van der Waals surface area contributed by atoms with Gasteiger partial charge in [0.2, 0.25) is 5.91 Å². The highest BCUT2D eigenvalue weighted by Gasteiger charge is 2.21. The van der Waals surface area contributed by atoms with Crippen LogP contribution < -0.4 is 10.2 Å². The summed E-state index contributed by atoms with van der Waals surface area (Å²) >= 11 is 0. The molecule has 1 fully saturated rings. The number of piperidine rings is 1. The number of hydrogen-bond donors (Lipinski definition) is 1. The second kappa shape index (κ2) is 6.68. The van der Waals surface area contributed by atoms with Gasteiger partial charge in [-0.25, -0.2) is 0 Å². The van der Waals surface area contributed by atoms with E-state index in [4.69, 9.17) is 0 Å². The standard InChI is InChI=1S/C15H23N3O/c1-16-13-8-10-18(11-9-13)12-15(19)17(2)14-6-4-3-5-7-14/h3-7,13,16H,8-12H2,1-2H3. The summed E-state index contributed by atoms with van der Waals surface area (Å²) in [5.41, 5.74) is 0.956. The van der Waals surface area contributed by atoms with Crippen LogP contribution in [0.5, 0.6) is 0 Å². The number of nitrogens with one attached hydrogen (secondary N) is 1. The monoisotopic (exact) mass is 261 g/mol. The first-order valence-corrected chi connectivity index (χ1v) is 6.92. The van der Waals surface area contributed by atoms with Crippen molar-refractivity contribution >= 4 is 11.6 Å². The minimum absolute atomic E-state index is 0.161. The normalized spacial score (nSPS) is 17.4. The Labute approximate surface area is 115 Å². The Morgan fingerprint density at radius 3 is 2.53 bits per heavy atom. The number of anilines is 1. The van der Waals surface area contributed by atoms with Gasteiger partial charge in [-0.15, -0.1) is 0 Å². The molecule has 1 aliphatic rings. The third kappa shape index (κ3) is 3.78. The maximum Gasteiger partial charge on any atom is 0.240 e. The summed E-state index contributed by atoms with van der Waals surface area (Å²) in [6.07, 6.45) is 2.25. The number of likely N-dealkylation sites (N-methyl/N-ethyl adjacent to an activating group) is 1. The van der Waals surface area contributed by atoms with E-state index in [2.05, 4.69) is 10.2 Å². The first kappa shape index (κ1) is 14.0. The van der Waals surface area contributed by atoms with E-state index < -0.39 is 0 Å². The van der Waals surface area contributed by atoms with Crippen LogP contribution in [0.3, 0.4) is 0 Å². The van der Waals surface area contributed by atoms with E-state index >= 15 is 0 Å². The van der Waals surface area contributed by atoms with E-state index in [1.165, 1.54) is 0 Å². The topological polar surface area (TPSA) is 35.6 Å². The average Bonchev–Trinajstić information content (AvgIpc) is 2.48. The van der Waals surface area contributed by atoms with Crippen LogP contribution in [-0.2, 0) is 4.79 Å². The minimum atomic E-state index is 0.161. The van der Waals surface area contributed by atoms with E-state index in [1.807, 2.05) is 44.4 Å². The van der Waals surface area contributed by atoms with Gasteiger partial charge < -0.3 is 10.2 Å². The number of likely N-dealkylation sites (tertiary alicyclic amines) is 1. The second-order valence-electron chi connectivity index (χ2n) is 5.13. The fourth-order valence-corrected chi connectivity index (χ4v) is 2.47. The van der Waals surface area contributed by atoms with Crippen LogP contribution in [0.1, 0.15) is 12.8 Å². The Hall–Kier alpha value is -1.39. The summed E-state index contributed by atoms with van der Waals surface area (Å²) in [4.78, 5) is 16.2. The lowest BCUT2D eigenvalue weighted by molar-refractivity contribution is -0.119. The van der Waals surface area contributed by atoms with Crippen molar-refractivity contribution in [2.24, 2.45) is 0 Å². The summed E-state index contributed by atoms with van der Waals surface area (Å²) in [6, 6.07) is 10.4. The minimum Gasteiger partial charge on any atom is -0.317 e. The Kier molecular flexibility index (Phi) is 4.93. The molecule has 0 spiro atoms. The van der Waals surface area contributed by atoms with Gasteiger partial charge in [-0.1, -0.05) is 18.2 Å². The third-order valence-corrected chi connectivity index (χ3v) is 3.87. The van der Waals surface area contributed by atoms with Crippen molar-refractivity contribution in [3.05, 3.63) is 30.3 Å². The second-order valence-corrected chi connectivity index (χ2v) is 5.13. The van der Waals surface area contributed by atoms with Crippen molar-refractivity contribution < 1.29 is 4.79 Å². The van der Waals surface area contributed by atoms with Gasteiger partial charge >= 0.3 is 0 Å². The van der Waals surface area contributed by atoms with Gasteiger partial charge in [0.05, 0.1) is 6.54 Å². The summed E-state index contributed by atoms with van der Waals surface area (Å²) < 4.78 is 0. The molecule has 0 unspecified atom stereocenters. The molecule has 0 radical (unpaired) electrons. The van der Waals surface area contributed by atoms with Crippen LogP contribution in [0.4, 0.5) is 5.69 Å². The molecule has 1 aliphatic heterocycles. The molecule has 0 aromatic heterocycles. The zero-order valence-electron chi connectivity index (χ0n) is 11.8. The SMILES string of the molecule is CNC1CCN(CC(=O)N(C)c2ccccc2)CC1. The number of carbonyl (C=O) groups is 1. The van der Waals surface area contributed by atoms with Crippen molar-refractivity contribution in [1.82, 2.24) is 10.2 Å². The molecule has 1 aromatic rings. The molecule has 1 heterocycles. The van der Waals surface area contributed by atoms with Crippen molar-refractivity contribution in [3.8, 4) is 0 Å². The van der Waals surface area contributed by atoms with Crippen molar-refractivity contribution in [2.45, 2.75) is 18.9 Å². The molecule has 19 heavy (non-hydrogen) atoms. The Morgan fingerprint density at radius 2 is 1.95 bits per heavy atom. The van der Waals surface area contributed by atoms with Crippen molar-refractivity contribution in [1.29, 1.82) is 0 Å². The van der Waals surface area contributed by atoms with Crippen molar-refractivity contribution in [2.75, 3.05) is 38.6 Å². The van der Waals surface area contributed by atoms with E-state index in [9.17, 15) is 4.79 Å². The third-order valence-electron chi connectivity index (χ3n) is 3.87. The zero-order valence-corrected chi connectivity index (χ0v) is 11.8. The molecule has 1 saturated heterocycles. The first-order chi connectivity index (χ1) is 9.20. The molecule has 104 valence electrons. The number of hydrogen-bond acceptors (Lipinski definition) is 3. The number of nitrogens with zero attached hydrogens (tertiary/aromatic N) is 2. The molecular formula is C15H23N3O. The highest BCUT2D eigenvalue weighted by atomic mass is 16.2. The van der Waals surface area contributed by atoms with Gasteiger partial charge in [0.1, 0.15) is 0 Å². The fourth-order valence-electron chi connectivity index (χ4n) is 2.47. The van der Waals surface area contributed by atoms with Crippen molar-refractivity contribution in [3.63, 3.8) is 0 Å². The molecule has 2 rings (SSSR count). The largest absolute Gasteiger partial charge is 0.317 e. The fraction of sp³-hybridized carbons (Fsp3) is 0.533. The molecule has 1 aromatic carbocycles. The molecule has 1 amide bonds. The molecule has 0 bridgehead atoms. The highest BCUT2D eigenvalue weighted by molar-refractivity contribution is 5.94. The number of benzene rings is 1. The van der Waals surface area contributed by atoms with Gasteiger partial charge in [0, 0.05) is 31.9 Å². The lowest BCUT2D eigenvalue weighted by Gasteiger charge is -2.32. The quantitative estimate of drug-likeness (QED) is 0.888. The zero-order chi connectivity index (χ0) is 13.7. The van der Waals surface area contributed by atoms with Crippen LogP contribution in [0.15, 0.2) is 30.3 Å². The van der Waals surface area contributed by atoms with Crippen LogP contribution in [0, 0.1) is 0 Å². The maximum atomic E-state index is 12.2. The van der Waals surface area contributed by atoms with Gasteiger partial charge in [-0.3, -0.25) is 9.69 Å². The number of amides is 1. The van der Waals surface area contributed by atoms with Gasteiger partial charge in [0.25, 0.3) is 0 Å². The molecule has 0 saturated carbocycles. The Balaban J connectivity index is 1.85. The Bertz CT molecular complexity index is 399. The lowest BCUT2D eigenvalue weighted by atomic mass is 10.1. The average molecular weight is 261 g/mol. The van der Waals surface area contributed by atoms with Gasteiger partial charge in [-0.2, -0.15) is 0 Å². The van der Waals surface area contributed by atoms with Crippen LogP contribution in [-0.4, -0.2) is 50.6 Å². The van der Waals surface area contributed by atoms with Crippen LogP contribution >= 0.6 is 0 Å². The smallest absolute Gasteiger partial charge is 0.240 e. The van der Waals surface area contributed by atoms with E-state index in [-0.39, 0.29) is 5.91 Å². The molecule has 0 atom stereocenters. The lowest BCUT2D eigenvalue weighted by Crippen LogP contribution is -2.45. The van der Waals surface area contributed by atoms with Gasteiger partial charge in [0.15, 0.2) is 0 Å². The predicted octanol–water partition coefficient (Wildman–Crippen LogP) is 1.33. The van der Waals surface area contributed by atoms with Crippen LogP contribution in [0.2, 0.25) is 0 Å². The number of carbonyl (C=O) groups excluding carboxylic acids is 1. The maximum absolute atomic E-state index is 12.2. The Morgan fingerprint density at radius 1 is 1.32 bits per heavy atom.